The summed E-state index contributed by atoms with van der Waals surface area (Å²) in [6.45, 7) is 5.55. The maximum Gasteiger partial charge on any atom is 0.115 e. The van der Waals surface area contributed by atoms with E-state index in [1.165, 1.54) is 0 Å². The third-order valence-electron chi connectivity index (χ3n) is 2.19. The number of benzene rings is 1. The molecular formula is C12H19NO2. The molecule has 0 bridgehead atoms. The van der Waals surface area contributed by atoms with Gasteiger partial charge in [-0.05, 0) is 31.5 Å². The Morgan fingerprint density at radius 2 is 2.13 bits per heavy atom. The minimum absolute atomic E-state index is 0.0553. The number of hydrogen-bond acceptors (Lipinski definition) is 3. The van der Waals surface area contributed by atoms with E-state index in [4.69, 9.17) is 4.74 Å². The van der Waals surface area contributed by atoms with Crippen LogP contribution in [-0.4, -0.2) is 24.4 Å². The number of methoxy groups -OCH3 is 1. The van der Waals surface area contributed by atoms with Gasteiger partial charge in [-0.1, -0.05) is 12.1 Å². The average molecular weight is 209 g/mol. The summed E-state index contributed by atoms with van der Waals surface area (Å²) in [4.78, 5) is 0. The smallest absolute Gasteiger partial charge is 0.115 e. The lowest BCUT2D eigenvalue weighted by molar-refractivity contribution is 0.127. The highest BCUT2D eigenvalue weighted by molar-refractivity contribution is 5.27. The molecule has 0 aliphatic rings. The third kappa shape index (κ3) is 4.32. The van der Waals surface area contributed by atoms with Gasteiger partial charge < -0.3 is 15.2 Å². The van der Waals surface area contributed by atoms with Crippen molar-refractivity contribution in [3.8, 4) is 5.75 Å². The van der Waals surface area contributed by atoms with E-state index in [1.807, 2.05) is 12.1 Å². The molecule has 1 rings (SSSR count). The van der Waals surface area contributed by atoms with E-state index in [1.54, 1.807) is 19.2 Å². The van der Waals surface area contributed by atoms with Crippen LogP contribution in [0.15, 0.2) is 24.3 Å². The molecule has 1 aromatic rings. The average Bonchev–Trinajstić information content (AvgIpc) is 2.15. The lowest BCUT2D eigenvalue weighted by atomic mass is 10.1. The third-order valence-corrected chi connectivity index (χ3v) is 2.19. The zero-order valence-electron chi connectivity index (χ0n) is 9.58. The van der Waals surface area contributed by atoms with Crippen molar-refractivity contribution in [2.45, 2.75) is 25.9 Å². The molecule has 0 saturated carbocycles. The Hall–Kier alpha value is -1.06. The zero-order chi connectivity index (χ0) is 11.3. The number of phenols is 1. The summed E-state index contributed by atoms with van der Waals surface area (Å²) >= 11 is 0. The zero-order valence-corrected chi connectivity index (χ0v) is 9.58. The number of nitrogens with one attached hydrogen (secondary N) is 1. The highest BCUT2D eigenvalue weighted by Crippen LogP contribution is 2.12. The molecule has 3 nitrogen and oxygen atoms in total. The first-order chi connectivity index (χ1) is 7.03. The van der Waals surface area contributed by atoms with Gasteiger partial charge in [-0.25, -0.2) is 0 Å². The minimum atomic E-state index is -0.0553. The van der Waals surface area contributed by atoms with Crippen LogP contribution < -0.4 is 5.32 Å². The van der Waals surface area contributed by atoms with Crippen molar-refractivity contribution in [3.05, 3.63) is 29.8 Å². The summed E-state index contributed by atoms with van der Waals surface area (Å²) in [5, 5.41) is 12.7. The first-order valence-corrected chi connectivity index (χ1v) is 5.05. The van der Waals surface area contributed by atoms with Crippen molar-refractivity contribution >= 4 is 0 Å². The van der Waals surface area contributed by atoms with E-state index in [2.05, 4.69) is 19.2 Å². The van der Waals surface area contributed by atoms with Crippen LogP contribution in [0, 0.1) is 0 Å². The Bertz CT molecular complexity index is 310. The van der Waals surface area contributed by atoms with Crippen molar-refractivity contribution in [2.24, 2.45) is 0 Å². The lowest BCUT2D eigenvalue weighted by Crippen LogP contribution is -2.42. The molecule has 0 radical (unpaired) electrons. The molecule has 0 saturated heterocycles. The van der Waals surface area contributed by atoms with E-state index in [9.17, 15) is 5.11 Å². The topological polar surface area (TPSA) is 41.5 Å². The van der Waals surface area contributed by atoms with Gasteiger partial charge in [0.1, 0.15) is 5.75 Å². The molecule has 84 valence electrons. The molecule has 1 aromatic carbocycles. The van der Waals surface area contributed by atoms with Crippen LogP contribution in [-0.2, 0) is 11.3 Å². The normalized spacial score (nSPS) is 11.7. The van der Waals surface area contributed by atoms with Gasteiger partial charge >= 0.3 is 0 Å². The van der Waals surface area contributed by atoms with Crippen LogP contribution in [0.25, 0.3) is 0 Å². The predicted molar refractivity (Wildman–Crippen MR) is 60.9 cm³/mol. The van der Waals surface area contributed by atoms with Gasteiger partial charge in [0.25, 0.3) is 0 Å². The van der Waals surface area contributed by atoms with Gasteiger partial charge in [-0.2, -0.15) is 0 Å². The van der Waals surface area contributed by atoms with Crippen molar-refractivity contribution in [3.63, 3.8) is 0 Å². The van der Waals surface area contributed by atoms with Crippen LogP contribution in [0.2, 0.25) is 0 Å². The molecule has 0 aliphatic heterocycles. The van der Waals surface area contributed by atoms with E-state index in [0.29, 0.717) is 12.4 Å². The first-order valence-electron chi connectivity index (χ1n) is 5.05. The highest BCUT2D eigenvalue weighted by Gasteiger charge is 2.15. The Balaban J connectivity index is 2.49. The Morgan fingerprint density at radius 1 is 1.40 bits per heavy atom. The molecule has 0 unspecified atom stereocenters. The van der Waals surface area contributed by atoms with Crippen molar-refractivity contribution in [1.82, 2.24) is 5.32 Å². The summed E-state index contributed by atoms with van der Waals surface area (Å²) in [6.07, 6.45) is 0. The molecule has 15 heavy (non-hydrogen) atoms. The maximum absolute atomic E-state index is 9.29. The summed E-state index contributed by atoms with van der Waals surface area (Å²) in [7, 11) is 1.69. The Morgan fingerprint density at radius 3 is 2.73 bits per heavy atom. The predicted octanol–water partition coefficient (Wildman–Crippen LogP) is 1.91. The summed E-state index contributed by atoms with van der Waals surface area (Å²) in [6, 6.07) is 7.25. The molecule has 3 heteroatoms. The van der Waals surface area contributed by atoms with Gasteiger partial charge in [0, 0.05) is 19.2 Å². The van der Waals surface area contributed by atoms with Crippen LogP contribution in [0.4, 0.5) is 0 Å². The Kier molecular flexibility index (Phi) is 4.12. The second-order valence-electron chi connectivity index (χ2n) is 4.34. The van der Waals surface area contributed by atoms with Crippen molar-refractivity contribution in [1.29, 1.82) is 0 Å². The molecule has 0 heterocycles. The first kappa shape index (κ1) is 12.0. The van der Waals surface area contributed by atoms with Crippen LogP contribution in [0.3, 0.4) is 0 Å². The van der Waals surface area contributed by atoms with E-state index in [-0.39, 0.29) is 5.54 Å². The maximum atomic E-state index is 9.29. The molecule has 0 fully saturated rings. The van der Waals surface area contributed by atoms with Gasteiger partial charge in [-0.15, -0.1) is 0 Å². The number of ether oxygens (including phenoxy) is 1. The fraction of sp³-hybridized carbons (Fsp3) is 0.500. The monoisotopic (exact) mass is 209 g/mol. The van der Waals surface area contributed by atoms with Crippen LogP contribution in [0.5, 0.6) is 5.75 Å². The molecule has 0 aliphatic carbocycles. The molecule has 2 N–H and O–H groups in total. The fourth-order valence-corrected chi connectivity index (χ4v) is 1.42. The standard InChI is InChI=1S/C12H19NO2/c1-12(2,9-15-3)13-8-10-5-4-6-11(14)7-10/h4-7,13-14H,8-9H2,1-3H3. The van der Waals surface area contributed by atoms with E-state index in [0.717, 1.165) is 12.1 Å². The van der Waals surface area contributed by atoms with Crippen molar-refractivity contribution in [2.75, 3.05) is 13.7 Å². The SMILES string of the molecule is COCC(C)(C)NCc1cccc(O)c1. The second kappa shape index (κ2) is 5.14. The molecule has 0 amide bonds. The number of aromatic hydroxyl groups is 1. The van der Waals surface area contributed by atoms with Crippen LogP contribution >= 0.6 is 0 Å². The number of phenolic OH excluding ortho intramolecular Hbond substituents is 1. The van der Waals surface area contributed by atoms with Gasteiger partial charge in [-0.3, -0.25) is 0 Å². The summed E-state index contributed by atoms with van der Waals surface area (Å²) in [5.41, 5.74) is 1.01. The van der Waals surface area contributed by atoms with Crippen LogP contribution in [0.1, 0.15) is 19.4 Å². The Labute approximate surface area is 91.1 Å². The molecule has 0 spiro atoms. The van der Waals surface area contributed by atoms with Gasteiger partial charge in [0.2, 0.25) is 0 Å². The quantitative estimate of drug-likeness (QED) is 0.778. The fourth-order valence-electron chi connectivity index (χ4n) is 1.42. The van der Waals surface area contributed by atoms with Gasteiger partial charge in [0.05, 0.1) is 6.61 Å². The van der Waals surface area contributed by atoms with Gasteiger partial charge in [0.15, 0.2) is 0 Å². The molecule has 0 atom stereocenters. The number of rotatable bonds is 5. The second-order valence-corrected chi connectivity index (χ2v) is 4.34. The molecule has 0 aromatic heterocycles. The van der Waals surface area contributed by atoms with E-state index < -0.39 is 0 Å². The lowest BCUT2D eigenvalue weighted by Gasteiger charge is -2.25. The van der Waals surface area contributed by atoms with E-state index >= 15 is 0 Å². The van der Waals surface area contributed by atoms with Crippen molar-refractivity contribution < 1.29 is 9.84 Å². The minimum Gasteiger partial charge on any atom is -0.508 e. The summed E-state index contributed by atoms with van der Waals surface area (Å²) < 4.78 is 5.11. The molecular weight excluding hydrogens is 190 g/mol. The number of hydrogen-bond donors (Lipinski definition) is 2. The highest BCUT2D eigenvalue weighted by atomic mass is 16.5. The summed E-state index contributed by atoms with van der Waals surface area (Å²) in [5.74, 6) is 0.304. The largest absolute Gasteiger partial charge is 0.508 e.